The highest BCUT2D eigenvalue weighted by Gasteiger charge is 2.12. The van der Waals surface area contributed by atoms with Gasteiger partial charge in [0.15, 0.2) is 0 Å². The highest BCUT2D eigenvalue weighted by atomic mass is 16.2. The largest absolute Gasteiger partial charge is 0.376 e. The van der Waals surface area contributed by atoms with Crippen LogP contribution in [0.2, 0.25) is 0 Å². The van der Waals surface area contributed by atoms with Crippen molar-refractivity contribution in [3.63, 3.8) is 0 Å². The summed E-state index contributed by atoms with van der Waals surface area (Å²) in [4.78, 5) is 11.6. The molecule has 0 aromatic heterocycles. The first-order valence-electron chi connectivity index (χ1n) is 6.43. The lowest BCUT2D eigenvalue weighted by atomic mass is 10.0. The third-order valence-corrected chi connectivity index (χ3v) is 2.54. The smallest absolute Gasteiger partial charge is 0.239 e. The maximum absolute atomic E-state index is 11.6. The van der Waals surface area contributed by atoms with E-state index in [9.17, 15) is 4.79 Å². The van der Waals surface area contributed by atoms with Gasteiger partial charge in [-0.2, -0.15) is 0 Å². The van der Waals surface area contributed by atoms with Crippen molar-refractivity contribution in [1.29, 1.82) is 0 Å². The Hall–Kier alpha value is -1.51. The molecule has 0 radical (unpaired) electrons. The van der Waals surface area contributed by atoms with Crippen LogP contribution in [-0.4, -0.2) is 18.0 Å². The number of benzene rings is 1. The van der Waals surface area contributed by atoms with Crippen LogP contribution in [0, 0.1) is 0 Å². The molecule has 0 fully saturated rings. The van der Waals surface area contributed by atoms with Crippen LogP contribution in [0.25, 0.3) is 0 Å². The summed E-state index contributed by atoms with van der Waals surface area (Å²) in [6, 6.07) is 8.21. The number of carbonyl (C=O) groups excluding carboxylic acids is 1. The van der Waals surface area contributed by atoms with E-state index in [2.05, 4.69) is 36.6 Å². The number of nitrogens with one attached hydrogen (secondary N) is 2. The Morgan fingerprint density at radius 2 is 1.72 bits per heavy atom. The van der Waals surface area contributed by atoms with Gasteiger partial charge in [0.1, 0.15) is 0 Å². The van der Waals surface area contributed by atoms with Crippen molar-refractivity contribution in [2.45, 2.75) is 46.1 Å². The molecule has 0 saturated heterocycles. The number of rotatable bonds is 4. The Morgan fingerprint density at radius 1 is 1.17 bits per heavy atom. The lowest BCUT2D eigenvalue weighted by molar-refractivity contribution is -0.120. The van der Waals surface area contributed by atoms with Crippen LogP contribution in [0.4, 0.5) is 5.69 Å². The average Bonchev–Trinajstić information content (AvgIpc) is 2.24. The number of hydrogen-bond acceptors (Lipinski definition) is 2. The summed E-state index contributed by atoms with van der Waals surface area (Å²) in [6.45, 7) is 10.6. The molecule has 0 unspecified atom stereocenters. The van der Waals surface area contributed by atoms with Gasteiger partial charge in [0.2, 0.25) is 5.91 Å². The monoisotopic (exact) mass is 248 g/mol. The second-order valence-corrected chi connectivity index (χ2v) is 5.93. The molecule has 1 rings (SSSR count). The number of anilines is 1. The fraction of sp³-hybridized carbons (Fsp3) is 0.533. The highest BCUT2D eigenvalue weighted by molar-refractivity contribution is 5.81. The maximum Gasteiger partial charge on any atom is 0.239 e. The molecule has 3 nitrogen and oxygen atoms in total. The van der Waals surface area contributed by atoms with Gasteiger partial charge in [0, 0.05) is 11.2 Å². The zero-order chi connectivity index (χ0) is 13.8. The van der Waals surface area contributed by atoms with E-state index in [1.165, 1.54) is 5.56 Å². The highest BCUT2D eigenvalue weighted by Crippen LogP contribution is 2.16. The fourth-order valence-corrected chi connectivity index (χ4v) is 1.63. The van der Waals surface area contributed by atoms with Crippen molar-refractivity contribution in [2.75, 3.05) is 11.9 Å². The minimum atomic E-state index is -0.180. The van der Waals surface area contributed by atoms with E-state index in [-0.39, 0.29) is 11.4 Å². The summed E-state index contributed by atoms with van der Waals surface area (Å²) in [7, 11) is 0. The van der Waals surface area contributed by atoms with Crippen LogP contribution in [-0.2, 0) is 4.79 Å². The molecule has 1 amide bonds. The first-order valence-corrected chi connectivity index (χ1v) is 6.43. The lowest BCUT2D eigenvalue weighted by Gasteiger charge is -2.20. The Bertz CT molecular complexity index is 388. The molecule has 100 valence electrons. The quantitative estimate of drug-likeness (QED) is 0.859. The van der Waals surface area contributed by atoms with Gasteiger partial charge in [-0.3, -0.25) is 4.79 Å². The van der Waals surface area contributed by atoms with Crippen LogP contribution in [0.15, 0.2) is 24.3 Å². The number of carbonyl (C=O) groups is 1. The van der Waals surface area contributed by atoms with Gasteiger partial charge in [-0.1, -0.05) is 26.0 Å². The lowest BCUT2D eigenvalue weighted by Crippen LogP contribution is -2.43. The normalized spacial score (nSPS) is 11.4. The van der Waals surface area contributed by atoms with Crippen molar-refractivity contribution in [3.8, 4) is 0 Å². The molecule has 3 heteroatoms. The van der Waals surface area contributed by atoms with Crippen molar-refractivity contribution < 1.29 is 4.79 Å². The molecule has 1 aromatic carbocycles. The Labute approximate surface area is 110 Å². The van der Waals surface area contributed by atoms with Gasteiger partial charge in [0.25, 0.3) is 0 Å². The predicted octanol–water partition coefficient (Wildman–Crippen LogP) is 3.14. The summed E-state index contributed by atoms with van der Waals surface area (Å²) in [5.74, 6) is 0.540. The number of amides is 1. The summed E-state index contributed by atoms with van der Waals surface area (Å²) in [6.07, 6.45) is 0. The molecule has 18 heavy (non-hydrogen) atoms. The molecule has 0 aliphatic rings. The molecule has 0 heterocycles. The minimum Gasteiger partial charge on any atom is -0.376 e. The Morgan fingerprint density at radius 3 is 2.17 bits per heavy atom. The second kappa shape index (κ2) is 5.89. The van der Waals surface area contributed by atoms with E-state index in [0.717, 1.165) is 5.69 Å². The standard InChI is InChI=1S/C15H24N2O/c1-11(2)12-6-8-13(9-7-12)16-10-14(18)17-15(3,4)5/h6-9,11,16H,10H2,1-5H3,(H,17,18). The first kappa shape index (κ1) is 14.6. The summed E-state index contributed by atoms with van der Waals surface area (Å²) < 4.78 is 0. The van der Waals surface area contributed by atoms with Crippen LogP contribution in [0.3, 0.4) is 0 Å². The SMILES string of the molecule is CC(C)c1ccc(NCC(=O)NC(C)(C)C)cc1. The summed E-state index contributed by atoms with van der Waals surface area (Å²) in [5, 5.41) is 6.04. The molecule has 2 N–H and O–H groups in total. The fourth-order valence-electron chi connectivity index (χ4n) is 1.63. The van der Waals surface area contributed by atoms with E-state index in [0.29, 0.717) is 12.5 Å². The van der Waals surface area contributed by atoms with Crippen molar-refractivity contribution in [3.05, 3.63) is 29.8 Å². The molecule has 0 bridgehead atoms. The van der Waals surface area contributed by atoms with Crippen LogP contribution in [0.1, 0.15) is 46.1 Å². The van der Waals surface area contributed by atoms with E-state index in [4.69, 9.17) is 0 Å². The van der Waals surface area contributed by atoms with Crippen LogP contribution in [0.5, 0.6) is 0 Å². The molecule has 0 spiro atoms. The van der Waals surface area contributed by atoms with Gasteiger partial charge in [-0.25, -0.2) is 0 Å². The molecular formula is C15H24N2O. The van der Waals surface area contributed by atoms with E-state index in [1.54, 1.807) is 0 Å². The maximum atomic E-state index is 11.6. The molecule has 0 aliphatic heterocycles. The van der Waals surface area contributed by atoms with Crippen molar-refractivity contribution in [1.82, 2.24) is 5.32 Å². The Kier molecular flexibility index (Phi) is 4.76. The summed E-state index contributed by atoms with van der Waals surface area (Å²) >= 11 is 0. The van der Waals surface area contributed by atoms with Gasteiger partial charge in [0.05, 0.1) is 6.54 Å². The molecular weight excluding hydrogens is 224 g/mol. The minimum absolute atomic E-state index is 0.00966. The van der Waals surface area contributed by atoms with Crippen molar-refractivity contribution in [2.24, 2.45) is 0 Å². The van der Waals surface area contributed by atoms with E-state index in [1.807, 2.05) is 32.9 Å². The van der Waals surface area contributed by atoms with Gasteiger partial charge in [-0.05, 0) is 44.4 Å². The van der Waals surface area contributed by atoms with Gasteiger partial charge >= 0.3 is 0 Å². The van der Waals surface area contributed by atoms with E-state index >= 15 is 0 Å². The zero-order valence-electron chi connectivity index (χ0n) is 12.0. The first-order chi connectivity index (χ1) is 8.28. The zero-order valence-corrected chi connectivity index (χ0v) is 12.0. The molecule has 0 saturated carbocycles. The molecule has 0 atom stereocenters. The second-order valence-electron chi connectivity index (χ2n) is 5.93. The van der Waals surface area contributed by atoms with Crippen LogP contribution < -0.4 is 10.6 Å². The van der Waals surface area contributed by atoms with Crippen LogP contribution >= 0.6 is 0 Å². The third kappa shape index (κ3) is 5.21. The third-order valence-electron chi connectivity index (χ3n) is 2.54. The van der Waals surface area contributed by atoms with E-state index < -0.39 is 0 Å². The predicted molar refractivity (Wildman–Crippen MR) is 76.9 cm³/mol. The summed E-state index contributed by atoms with van der Waals surface area (Å²) in [5.41, 5.74) is 2.10. The number of hydrogen-bond donors (Lipinski definition) is 2. The Balaban J connectivity index is 2.46. The van der Waals surface area contributed by atoms with Crippen molar-refractivity contribution >= 4 is 11.6 Å². The van der Waals surface area contributed by atoms with Gasteiger partial charge in [-0.15, -0.1) is 0 Å². The molecule has 1 aromatic rings. The average molecular weight is 248 g/mol. The van der Waals surface area contributed by atoms with Gasteiger partial charge < -0.3 is 10.6 Å². The topological polar surface area (TPSA) is 41.1 Å². The molecule has 0 aliphatic carbocycles.